The van der Waals surface area contributed by atoms with E-state index < -0.39 is 23.6 Å². The van der Waals surface area contributed by atoms with Gasteiger partial charge < -0.3 is 20.0 Å². The van der Waals surface area contributed by atoms with E-state index in [-0.39, 0.29) is 16.8 Å². The molecule has 0 aliphatic carbocycles. The van der Waals surface area contributed by atoms with Gasteiger partial charge in [0, 0.05) is 56.4 Å². The van der Waals surface area contributed by atoms with E-state index in [9.17, 15) is 18.0 Å². The SMILES string of the molecule is Cc1ccc(NC(=O)c2ccccc2)c(C2CCN(c3cncc(N4CCN(C)CC4)c3)C2)c1C(F)(F)F. The molecule has 0 bridgehead atoms. The molecule has 0 spiro atoms. The molecule has 2 aliphatic rings. The lowest BCUT2D eigenvalue weighted by Gasteiger charge is -2.34. The fourth-order valence-electron chi connectivity index (χ4n) is 5.48. The number of amides is 1. The number of pyridine rings is 1. The van der Waals surface area contributed by atoms with Gasteiger partial charge in [0.15, 0.2) is 0 Å². The molecule has 2 aromatic carbocycles. The van der Waals surface area contributed by atoms with Crippen LogP contribution in [-0.2, 0) is 6.18 Å². The first kappa shape index (κ1) is 26.0. The maximum atomic E-state index is 14.4. The maximum Gasteiger partial charge on any atom is 0.417 e. The number of likely N-dealkylation sites (N-methyl/N-ethyl adjacent to an activating group) is 1. The number of nitrogens with one attached hydrogen (secondary N) is 1. The standard InChI is InChI=1S/C29H32F3N5O/c1-20-8-9-25(34-28(38)21-6-4-3-5-7-21)26(27(20)29(30,31)32)22-10-11-37(19-22)24-16-23(17-33-18-24)36-14-12-35(2)13-15-36/h3-9,16-18,22H,10-15,19H2,1-2H3,(H,34,38). The Hall–Kier alpha value is -3.59. The summed E-state index contributed by atoms with van der Waals surface area (Å²) in [5, 5.41) is 2.77. The summed E-state index contributed by atoms with van der Waals surface area (Å²) in [4.78, 5) is 24.0. The van der Waals surface area contributed by atoms with Crippen LogP contribution in [0.2, 0.25) is 0 Å². The zero-order valence-electron chi connectivity index (χ0n) is 21.6. The van der Waals surface area contributed by atoms with E-state index in [1.807, 2.05) is 6.20 Å². The molecule has 1 amide bonds. The molecule has 1 aromatic heterocycles. The number of halogens is 3. The lowest BCUT2D eigenvalue weighted by Crippen LogP contribution is -2.44. The number of benzene rings is 2. The number of hydrogen-bond acceptors (Lipinski definition) is 5. The molecular formula is C29H32F3N5O. The zero-order chi connectivity index (χ0) is 26.9. The van der Waals surface area contributed by atoms with Crippen molar-refractivity contribution in [1.29, 1.82) is 0 Å². The van der Waals surface area contributed by atoms with Crippen molar-refractivity contribution < 1.29 is 18.0 Å². The van der Waals surface area contributed by atoms with E-state index in [0.717, 1.165) is 37.6 Å². The minimum atomic E-state index is -4.54. The molecule has 2 aliphatic heterocycles. The Morgan fingerprint density at radius 2 is 1.63 bits per heavy atom. The number of alkyl halides is 3. The lowest BCUT2D eigenvalue weighted by molar-refractivity contribution is -0.138. The third-order valence-corrected chi connectivity index (χ3v) is 7.56. The van der Waals surface area contributed by atoms with Crippen LogP contribution in [0.3, 0.4) is 0 Å². The van der Waals surface area contributed by atoms with Gasteiger partial charge in [0.2, 0.25) is 0 Å². The van der Waals surface area contributed by atoms with Crippen LogP contribution in [0.1, 0.15) is 39.4 Å². The van der Waals surface area contributed by atoms with Crippen molar-refractivity contribution in [1.82, 2.24) is 9.88 Å². The molecular weight excluding hydrogens is 491 g/mol. The van der Waals surface area contributed by atoms with Crippen LogP contribution in [0.4, 0.5) is 30.2 Å². The summed E-state index contributed by atoms with van der Waals surface area (Å²) < 4.78 is 43.1. The first-order chi connectivity index (χ1) is 18.2. The number of aryl methyl sites for hydroxylation is 1. The highest BCUT2D eigenvalue weighted by Gasteiger charge is 2.40. The van der Waals surface area contributed by atoms with Crippen LogP contribution < -0.4 is 15.1 Å². The molecule has 6 nitrogen and oxygen atoms in total. The van der Waals surface area contributed by atoms with Crippen molar-refractivity contribution in [3.05, 3.63) is 83.2 Å². The van der Waals surface area contributed by atoms with Gasteiger partial charge in [-0.2, -0.15) is 13.2 Å². The summed E-state index contributed by atoms with van der Waals surface area (Å²) in [5.74, 6) is -0.826. The van der Waals surface area contributed by atoms with Crippen molar-refractivity contribution in [2.75, 3.05) is 61.4 Å². The molecule has 0 radical (unpaired) electrons. The van der Waals surface area contributed by atoms with Gasteiger partial charge >= 0.3 is 6.18 Å². The number of nitrogens with zero attached hydrogens (tertiary/aromatic N) is 4. The van der Waals surface area contributed by atoms with Crippen LogP contribution in [-0.4, -0.2) is 62.1 Å². The summed E-state index contributed by atoms with van der Waals surface area (Å²) in [5.41, 5.74) is 2.20. The fraction of sp³-hybridized carbons (Fsp3) is 0.379. The normalized spacial score (nSPS) is 18.6. The molecule has 1 N–H and O–H groups in total. The molecule has 2 saturated heterocycles. The number of aromatic nitrogens is 1. The average molecular weight is 524 g/mol. The first-order valence-corrected chi connectivity index (χ1v) is 12.9. The Balaban J connectivity index is 1.43. The Bertz CT molecular complexity index is 1290. The highest BCUT2D eigenvalue weighted by Crippen LogP contribution is 2.44. The van der Waals surface area contributed by atoms with Crippen molar-refractivity contribution in [2.24, 2.45) is 0 Å². The van der Waals surface area contributed by atoms with Gasteiger partial charge in [-0.15, -0.1) is 0 Å². The van der Waals surface area contributed by atoms with E-state index in [1.54, 1.807) is 42.6 Å². The number of carbonyl (C=O) groups excluding carboxylic acids is 1. The molecule has 3 aromatic rings. The van der Waals surface area contributed by atoms with Crippen LogP contribution in [0.5, 0.6) is 0 Å². The van der Waals surface area contributed by atoms with E-state index >= 15 is 0 Å². The van der Waals surface area contributed by atoms with Crippen LogP contribution >= 0.6 is 0 Å². The zero-order valence-corrected chi connectivity index (χ0v) is 21.6. The summed E-state index contributed by atoms with van der Waals surface area (Å²) in [6.45, 7) is 6.26. The monoisotopic (exact) mass is 523 g/mol. The largest absolute Gasteiger partial charge is 0.417 e. The van der Waals surface area contributed by atoms with Crippen molar-refractivity contribution >= 4 is 23.0 Å². The molecule has 3 heterocycles. The van der Waals surface area contributed by atoms with Gasteiger partial charge in [0.1, 0.15) is 0 Å². The minimum absolute atomic E-state index is 0.155. The van der Waals surface area contributed by atoms with Crippen LogP contribution in [0, 0.1) is 6.92 Å². The van der Waals surface area contributed by atoms with Gasteiger partial charge in [0.25, 0.3) is 5.91 Å². The molecule has 1 atom stereocenters. The topological polar surface area (TPSA) is 51.7 Å². The van der Waals surface area contributed by atoms with Crippen molar-refractivity contribution in [2.45, 2.75) is 25.4 Å². The van der Waals surface area contributed by atoms with Crippen LogP contribution in [0.15, 0.2) is 60.9 Å². The third kappa shape index (κ3) is 5.48. The number of hydrogen-bond donors (Lipinski definition) is 1. The number of anilines is 3. The first-order valence-electron chi connectivity index (χ1n) is 12.9. The Morgan fingerprint density at radius 1 is 0.947 bits per heavy atom. The smallest absolute Gasteiger partial charge is 0.370 e. The Morgan fingerprint density at radius 3 is 2.32 bits per heavy atom. The molecule has 9 heteroatoms. The van der Waals surface area contributed by atoms with E-state index in [2.05, 4.69) is 38.1 Å². The predicted molar refractivity (Wildman–Crippen MR) is 144 cm³/mol. The van der Waals surface area contributed by atoms with E-state index in [1.165, 1.54) is 13.0 Å². The van der Waals surface area contributed by atoms with E-state index in [4.69, 9.17) is 0 Å². The average Bonchev–Trinajstić information content (AvgIpc) is 3.40. The third-order valence-electron chi connectivity index (χ3n) is 7.56. The van der Waals surface area contributed by atoms with Gasteiger partial charge in [-0.1, -0.05) is 24.3 Å². The highest BCUT2D eigenvalue weighted by atomic mass is 19.4. The summed E-state index contributed by atoms with van der Waals surface area (Å²) in [6, 6.07) is 13.6. The van der Waals surface area contributed by atoms with Gasteiger partial charge in [-0.3, -0.25) is 9.78 Å². The van der Waals surface area contributed by atoms with Gasteiger partial charge in [-0.25, -0.2) is 0 Å². The molecule has 5 rings (SSSR count). The second-order valence-electron chi connectivity index (χ2n) is 10.2. The molecule has 1 unspecified atom stereocenters. The second kappa shape index (κ2) is 10.6. The summed E-state index contributed by atoms with van der Waals surface area (Å²) >= 11 is 0. The minimum Gasteiger partial charge on any atom is -0.370 e. The maximum absolute atomic E-state index is 14.4. The number of rotatable bonds is 5. The lowest BCUT2D eigenvalue weighted by atomic mass is 9.88. The summed E-state index contributed by atoms with van der Waals surface area (Å²) in [7, 11) is 2.10. The fourth-order valence-corrected chi connectivity index (χ4v) is 5.48. The quantitative estimate of drug-likeness (QED) is 0.485. The van der Waals surface area contributed by atoms with Gasteiger partial charge in [-0.05, 0) is 55.8 Å². The molecule has 0 saturated carbocycles. The van der Waals surface area contributed by atoms with Crippen molar-refractivity contribution in [3.63, 3.8) is 0 Å². The van der Waals surface area contributed by atoms with E-state index in [0.29, 0.717) is 25.1 Å². The second-order valence-corrected chi connectivity index (χ2v) is 10.2. The van der Waals surface area contributed by atoms with Crippen molar-refractivity contribution in [3.8, 4) is 0 Å². The van der Waals surface area contributed by atoms with Crippen LogP contribution in [0.25, 0.3) is 0 Å². The highest BCUT2D eigenvalue weighted by molar-refractivity contribution is 6.04. The van der Waals surface area contributed by atoms with Gasteiger partial charge in [0.05, 0.1) is 29.3 Å². The molecule has 38 heavy (non-hydrogen) atoms. The Labute approximate surface area is 221 Å². The summed E-state index contributed by atoms with van der Waals surface area (Å²) in [6.07, 6.45) is -0.369. The molecule has 2 fully saturated rings. The molecule has 200 valence electrons. The number of carbonyl (C=O) groups is 1. The predicted octanol–water partition coefficient (Wildman–Crippen LogP) is 5.41. The number of piperazine rings is 1. The Kier molecular flexibility index (Phi) is 7.29.